The molecule has 166 valence electrons. The van der Waals surface area contributed by atoms with Crippen LogP contribution in [0.4, 0.5) is 0 Å². The summed E-state index contributed by atoms with van der Waals surface area (Å²) in [5.41, 5.74) is 1.80. The molecule has 0 saturated heterocycles. The average Bonchev–Trinajstić information content (AvgIpc) is 3.14. The smallest absolute Gasteiger partial charge is 0.302 e. The van der Waals surface area contributed by atoms with Gasteiger partial charge in [-0.15, -0.1) is 0 Å². The van der Waals surface area contributed by atoms with Crippen molar-refractivity contribution in [3.8, 4) is 0 Å². The predicted molar refractivity (Wildman–Crippen MR) is 109 cm³/mol. The zero-order valence-corrected chi connectivity index (χ0v) is 18.2. The Morgan fingerprint density at radius 2 is 1.71 bits per heavy atom. The maximum atomic E-state index is 11.6. The molecule has 11 heteroatoms. The van der Waals surface area contributed by atoms with E-state index in [1.54, 1.807) is 6.33 Å². The zero-order valence-electron chi connectivity index (χ0n) is 17.4. The van der Waals surface area contributed by atoms with Gasteiger partial charge in [0.15, 0.2) is 10.8 Å². The van der Waals surface area contributed by atoms with Crippen LogP contribution in [0.2, 0.25) is 5.15 Å². The van der Waals surface area contributed by atoms with Crippen LogP contribution in [0.5, 0.6) is 0 Å². The number of ether oxygens (including phenoxy) is 3. The number of aromatic nitrogens is 4. The number of allylic oxidation sites excluding steroid dienone is 1. The topological polar surface area (TPSA) is 123 Å². The minimum absolute atomic E-state index is 0.0488. The highest BCUT2D eigenvalue weighted by Gasteiger charge is 2.38. The maximum absolute atomic E-state index is 11.6. The van der Waals surface area contributed by atoms with Crippen molar-refractivity contribution < 1.29 is 28.6 Å². The van der Waals surface area contributed by atoms with E-state index in [1.165, 1.54) is 27.1 Å². The van der Waals surface area contributed by atoms with Crippen LogP contribution in [0.3, 0.4) is 0 Å². The molecule has 0 amide bonds. The SMILES string of the molecule is CC(=O)OCC1=CC[C@@H](n2cnc3c(Cl)ncnc32)[C@@H](COC(C)=O)[C@H]1COC(C)=O. The molecule has 10 nitrogen and oxygen atoms in total. The first-order valence-corrected chi connectivity index (χ1v) is 10.1. The number of esters is 3. The summed E-state index contributed by atoms with van der Waals surface area (Å²) < 4.78 is 17.7. The molecule has 3 rings (SSSR count). The van der Waals surface area contributed by atoms with Gasteiger partial charge in [-0.3, -0.25) is 14.4 Å². The molecule has 0 unspecified atom stereocenters. The Hall–Kier alpha value is -3.01. The highest BCUT2D eigenvalue weighted by molar-refractivity contribution is 6.33. The largest absolute Gasteiger partial charge is 0.465 e. The molecule has 0 saturated carbocycles. The first-order chi connectivity index (χ1) is 14.8. The molecule has 2 aromatic heterocycles. The summed E-state index contributed by atoms with van der Waals surface area (Å²) in [6.45, 7) is 4.15. The predicted octanol–water partition coefficient (Wildman–Crippen LogP) is 2.27. The van der Waals surface area contributed by atoms with E-state index < -0.39 is 17.9 Å². The summed E-state index contributed by atoms with van der Waals surface area (Å²) in [6, 6.07) is -0.225. The number of nitrogens with zero attached hydrogens (tertiary/aromatic N) is 4. The number of halogens is 1. The minimum Gasteiger partial charge on any atom is -0.465 e. The molecule has 0 fully saturated rings. The Bertz CT molecular complexity index is 1020. The van der Waals surface area contributed by atoms with Gasteiger partial charge in [0, 0.05) is 38.6 Å². The highest BCUT2D eigenvalue weighted by Crippen LogP contribution is 2.40. The maximum Gasteiger partial charge on any atom is 0.302 e. The highest BCUT2D eigenvalue weighted by atomic mass is 35.5. The van der Waals surface area contributed by atoms with Crippen molar-refractivity contribution in [2.75, 3.05) is 19.8 Å². The lowest BCUT2D eigenvalue weighted by atomic mass is 9.76. The number of carbonyl (C=O) groups is 3. The lowest BCUT2D eigenvalue weighted by Gasteiger charge is -2.38. The van der Waals surface area contributed by atoms with Crippen molar-refractivity contribution in [1.82, 2.24) is 19.5 Å². The number of hydrogen-bond acceptors (Lipinski definition) is 9. The summed E-state index contributed by atoms with van der Waals surface area (Å²) in [4.78, 5) is 47.0. The molecular weight excluding hydrogens is 428 g/mol. The fourth-order valence-electron chi connectivity index (χ4n) is 3.76. The summed E-state index contributed by atoms with van der Waals surface area (Å²) in [7, 11) is 0. The summed E-state index contributed by atoms with van der Waals surface area (Å²) in [5, 5.41) is 0.235. The van der Waals surface area contributed by atoms with Crippen LogP contribution in [0.1, 0.15) is 33.2 Å². The average molecular weight is 451 g/mol. The molecular formula is C20H23ClN4O6. The number of imidazole rings is 1. The van der Waals surface area contributed by atoms with E-state index in [0.717, 1.165) is 5.57 Å². The summed E-state index contributed by atoms with van der Waals surface area (Å²) in [5.74, 6) is -1.94. The molecule has 0 spiro atoms. The van der Waals surface area contributed by atoms with Crippen molar-refractivity contribution >= 4 is 40.7 Å². The van der Waals surface area contributed by atoms with Gasteiger partial charge < -0.3 is 18.8 Å². The van der Waals surface area contributed by atoms with Gasteiger partial charge in [-0.25, -0.2) is 15.0 Å². The van der Waals surface area contributed by atoms with E-state index in [-0.39, 0.29) is 42.9 Å². The van der Waals surface area contributed by atoms with Crippen molar-refractivity contribution in [3.63, 3.8) is 0 Å². The van der Waals surface area contributed by atoms with E-state index in [9.17, 15) is 14.4 Å². The van der Waals surface area contributed by atoms with Crippen LogP contribution < -0.4 is 0 Å². The summed E-state index contributed by atoms with van der Waals surface area (Å²) in [6.07, 6.45) is 5.45. The molecule has 0 radical (unpaired) electrons. The monoisotopic (exact) mass is 450 g/mol. The van der Waals surface area contributed by atoms with E-state index in [2.05, 4.69) is 15.0 Å². The molecule has 1 aliphatic carbocycles. The van der Waals surface area contributed by atoms with Crippen molar-refractivity contribution in [2.24, 2.45) is 11.8 Å². The lowest BCUT2D eigenvalue weighted by molar-refractivity contribution is -0.147. The van der Waals surface area contributed by atoms with Gasteiger partial charge in [0.05, 0.1) is 19.5 Å². The minimum atomic E-state index is -0.437. The van der Waals surface area contributed by atoms with Gasteiger partial charge in [-0.1, -0.05) is 17.7 Å². The van der Waals surface area contributed by atoms with Crippen LogP contribution in [0.15, 0.2) is 24.3 Å². The zero-order chi connectivity index (χ0) is 22.5. The first kappa shape index (κ1) is 22.7. The van der Waals surface area contributed by atoms with Gasteiger partial charge in [0.25, 0.3) is 0 Å². The van der Waals surface area contributed by atoms with Gasteiger partial charge in [0.1, 0.15) is 18.5 Å². The molecule has 1 aliphatic rings. The standard InChI is InChI=1S/C20H23ClN4O6/c1-11(26)29-6-14-4-5-17(25-10-24-18-19(21)22-9-23-20(18)25)16(8-31-13(3)28)15(14)7-30-12(2)27/h4,9-10,15-17H,5-8H2,1-3H3/t15-,16-,17+/m0/s1. The third-order valence-electron chi connectivity index (χ3n) is 5.17. The number of hydrogen-bond donors (Lipinski definition) is 0. The molecule has 31 heavy (non-hydrogen) atoms. The second-order valence-corrected chi connectivity index (χ2v) is 7.58. The Morgan fingerprint density at radius 3 is 2.39 bits per heavy atom. The van der Waals surface area contributed by atoms with Crippen molar-refractivity contribution in [2.45, 2.75) is 33.2 Å². The van der Waals surface area contributed by atoms with Crippen LogP contribution >= 0.6 is 11.6 Å². The Labute approximate surface area is 183 Å². The van der Waals surface area contributed by atoms with Crippen LogP contribution in [-0.4, -0.2) is 57.2 Å². The summed E-state index contributed by atoms with van der Waals surface area (Å²) >= 11 is 6.14. The third-order valence-corrected chi connectivity index (χ3v) is 5.44. The fourth-order valence-corrected chi connectivity index (χ4v) is 3.93. The molecule has 0 aliphatic heterocycles. The Morgan fingerprint density at radius 1 is 1.03 bits per heavy atom. The fraction of sp³-hybridized carbons (Fsp3) is 0.500. The molecule has 0 N–H and O–H groups in total. The van der Waals surface area contributed by atoms with E-state index in [1.807, 2.05) is 10.6 Å². The van der Waals surface area contributed by atoms with Crippen LogP contribution in [-0.2, 0) is 28.6 Å². The Balaban J connectivity index is 2.01. The second-order valence-electron chi connectivity index (χ2n) is 7.23. The van der Waals surface area contributed by atoms with Gasteiger partial charge in [0.2, 0.25) is 0 Å². The number of fused-ring (bicyclic) bond motifs is 1. The second kappa shape index (κ2) is 9.86. The van der Waals surface area contributed by atoms with Gasteiger partial charge in [-0.05, 0) is 12.0 Å². The van der Waals surface area contributed by atoms with Gasteiger partial charge >= 0.3 is 17.9 Å². The van der Waals surface area contributed by atoms with Crippen molar-refractivity contribution in [1.29, 1.82) is 0 Å². The van der Waals surface area contributed by atoms with E-state index >= 15 is 0 Å². The molecule has 2 heterocycles. The first-order valence-electron chi connectivity index (χ1n) is 9.70. The van der Waals surface area contributed by atoms with Crippen LogP contribution in [0.25, 0.3) is 11.2 Å². The third kappa shape index (κ3) is 5.38. The van der Waals surface area contributed by atoms with Crippen LogP contribution in [0, 0.1) is 11.8 Å². The quantitative estimate of drug-likeness (QED) is 0.270. The molecule has 0 bridgehead atoms. The molecule has 3 atom stereocenters. The number of carbonyl (C=O) groups excluding carboxylic acids is 3. The molecule has 0 aromatic carbocycles. The Kier molecular flexibility index (Phi) is 7.21. The molecule has 2 aromatic rings. The van der Waals surface area contributed by atoms with E-state index in [0.29, 0.717) is 17.6 Å². The number of rotatable bonds is 7. The van der Waals surface area contributed by atoms with Gasteiger partial charge in [-0.2, -0.15) is 0 Å². The lowest BCUT2D eigenvalue weighted by Crippen LogP contribution is -2.38. The van der Waals surface area contributed by atoms with Crippen molar-refractivity contribution in [3.05, 3.63) is 29.5 Å². The normalized spacial score (nSPS) is 20.8. The van der Waals surface area contributed by atoms with E-state index in [4.69, 9.17) is 25.8 Å².